The number of nitrogens with one attached hydrogen (secondary N) is 3. The Hall–Kier alpha value is -4.26. The number of aromatic amines is 1. The normalized spacial score (nSPS) is 14.7. The van der Waals surface area contributed by atoms with E-state index in [9.17, 15) is 23.3 Å². The van der Waals surface area contributed by atoms with Gasteiger partial charge in [0, 0.05) is 53.7 Å². The van der Waals surface area contributed by atoms with E-state index in [1.54, 1.807) is 18.3 Å². The van der Waals surface area contributed by atoms with Crippen molar-refractivity contribution in [3.8, 4) is 0 Å². The van der Waals surface area contributed by atoms with Gasteiger partial charge in [-0.05, 0) is 54.4 Å². The molecule has 3 aromatic carbocycles. The molecule has 2 heterocycles. The number of morpholine rings is 1. The third-order valence-electron chi connectivity index (χ3n) is 6.58. The summed E-state index contributed by atoms with van der Waals surface area (Å²) in [6, 6.07) is 18.2. The predicted molar refractivity (Wildman–Crippen MR) is 147 cm³/mol. The fourth-order valence-electron chi connectivity index (χ4n) is 4.52. The van der Waals surface area contributed by atoms with Crippen LogP contribution in [-0.4, -0.2) is 56.6 Å². The summed E-state index contributed by atoms with van der Waals surface area (Å²) in [4.78, 5) is 29.0. The fraction of sp³-hybridized carbons (Fsp3) is 0.222. The average Bonchev–Trinajstić information content (AvgIpc) is 3.36. The van der Waals surface area contributed by atoms with Crippen LogP contribution >= 0.6 is 0 Å². The maximum absolute atomic E-state index is 13.4. The maximum Gasteiger partial charge on any atom is 0.269 e. The lowest BCUT2D eigenvalue weighted by Crippen LogP contribution is -2.45. The number of anilines is 2. The molecule has 0 spiro atoms. The number of para-hydroxylation sites is 1. The highest BCUT2D eigenvalue weighted by Crippen LogP contribution is 2.23. The van der Waals surface area contributed by atoms with Crippen LogP contribution in [0, 0.1) is 10.1 Å². The molecule has 4 aromatic rings. The second-order valence-corrected chi connectivity index (χ2v) is 10.8. The van der Waals surface area contributed by atoms with Gasteiger partial charge in [0.2, 0.25) is 15.9 Å². The van der Waals surface area contributed by atoms with E-state index in [-0.39, 0.29) is 17.0 Å². The molecule has 39 heavy (non-hydrogen) atoms. The van der Waals surface area contributed by atoms with E-state index in [0.29, 0.717) is 18.9 Å². The van der Waals surface area contributed by atoms with Gasteiger partial charge in [0.25, 0.3) is 5.69 Å². The molecule has 0 unspecified atom stereocenters. The minimum absolute atomic E-state index is 0.0773. The zero-order valence-corrected chi connectivity index (χ0v) is 21.7. The highest BCUT2D eigenvalue weighted by atomic mass is 32.2. The van der Waals surface area contributed by atoms with Crippen molar-refractivity contribution in [2.24, 2.45) is 0 Å². The predicted octanol–water partition coefficient (Wildman–Crippen LogP) is 3.44. The van der Waals surface area contributed by atoms with Gasteiger partial charge in [0.05, 0.1) is 23.0 Å². The van der Waals surface area contributed by atoms with E-state index >= 15 is 0 Å². The fourth-order valence-corrected chi connectivity index (χ4v) is 5.71. The van der Waals surface area contributed by atoms with Crippen molar-refractivity contribution in [2.75, 3.05) is 36.5 Å². The Morgan fingerprint density at radius 2 is 1.72 bits per heavy atom. The first-order valence-electron chi connectivity index (χ1n) is 12.4. The largest absolute Gasteiger partial charge is 0.378 e. The standard InChI is InChI=1S/C27H27N5O6S/c33-27(29-20-5-7-21(8-6-20)31-13-15-38-16-14-31)26(17-19-18-28-25-4-2-1-3-24(19)25)30-39(36,37)23-11-9-22(10-12-23)32(34)35/h1-12,18,26,28,30H,13-17H2,(H,29,33)/t26-/m0/s1. The van der Waals surface area contributed by atoms with Crippen LogP contribution in [0.1, 0.15) is 5.56 Å². The number of carbonyl (C=O) groups excluding carboxylic acids is 1. The monoisotopic (exact) mass is 549 g/mol. The summed E-state index contributed by atoms with van der Waals surface area (Å²) in [5.74, 6) is -0.537. The Kier molecular flexibility index (Phi) is 7.59. The quantitative estimate of drug-likeness (QED) is 0.214. The van der Waals surface area contributed by atoms with Gasteiger partial charge < -0.3 is 19.9 Å². The van der Waals surface area contributed by atoms with Gasteiger partial charge in [-0.1, -0.05) is 18.2 Å². The molecule has 0 aliphatic carbocycles. The van der Waals surface area contributed by atoms with Crippen molar-refractivity contribution in [3.05, 3.63) is 94.7 Å². The molecule has 0 bridgehead atoms. The minimum atomic E-state index is -4.18. The van der Waals surface area contributed by atoms with Crippen LogP contribution in [0.4, 0.5) is 17.1 Å². The lowest BCUT2D eigenvalue weighted by atomic mass is 10.0. The van der Waals surface area contributed by atoms with Crippen molar-refractivity contribution in [1.29, 1.82) is 0 Å². The van der Waals surface area contributed by atoms with Crippen molar-refractivity contribution < 1.29 is 22.9 Å². The SMILES string of the molecule is O=C(Nc1ccc(N2CCOCC2)cc1)[C@H](Cc1c[nH]c2ccccc12)NS(=O)(=O)c1ccc([N+](=O)[O-])cc1. The van der Waals surface area contributed by atoms with Crippen LogP contribution in [0.3, 0.4) is 0 Å². The Balaban J connectivity index is 1.38. The minimum Gasteiger partial charge on any atom is -0.378 e. The maximum atomic E-state index is 13.4. The summed E-state index contributed by atoms with van der Waals surface area (Å²) in [6.07, 6.45) is 1.83. The topological polar surface area (TPSA) is 147 Å². The van der Waals surface area contributed by atoms with E-state index in [1.165, 1.54) is 0 Å². The molecule has 1 saturated heterocycles. The van der Waals surface area contributed by atoms with Crippen molar-refractivity contribution in [3.63, 3.8) is 0 Å². The first-order chi connectivity index (χ1) is 18.8. The number of sulfonamides is 1. The molecular weight excluding hydrogens is 522 g/mol. The van der Waals surface area contributed by atoms with Gasteiger partial charge >= 0.3 is 0 Å². The number of hydrogen-bond acceptors (Lipinski definition) is 7. The average molecular weight is 550 g/mol. The van der Waals surface area contributed by atoms with E-state index in [4.69, 9.17) is 4.74 Å². The van der Waals surface area contributed by atoms with E-state index in [1.807, 2.05) is 36.4 Å². The number of ether oxygens (including phenoxy) is 1. The zero-order chi connectivity index (χ0) is 27.4. The smallest absolute Gasteiger partial charge is 0.269 e. The molecule has 1 aliphatic rings. The zero-order valence-electron chi connectivity index (χ0n) is 20.9. The molecule has 11 nitrogen and oxygen atoms in total. The number of nitro groups is 1. The third kappa shape index (κ3) is 6.08. The molecule has 1 fully saturated rings. The number of fused-ring (bicyclic) bond motifs is 1. The molecule has 1 atom stereocenters. The summed E-state index contributed by atoms with van der Waals surface area (Å²) in [5.41, 5.74) is 2.92. The van der Waals surface area contributed by atoms with E-state index in [2.05, 4.69) is 19.9 Å². The number of nitrogens with zero attached hydrogens (tertiary/aromatic N) is 2. The summed E-state index contributed by atoms with van der Waals surface area (Å²) in [5, 5.41) is 14.7. The molecular formula is C27H27N5O6S. The first-order valence-corrected chi connectivity index (χ1v) is 13.8. The number of hydrogen-bond donors (Lipinski definition) is 3. The Labute approximate surface area is 225 Å². The van der Waals surface area contributed by atoms with Crippen LogP contribution in [0.15, 0.2) is 83.9 Å². The molecule has 1 aromatic heterocycles. The summed E-state index contributed by atoms with van der Waals surface area (Å²) < 4.78 is 34.3. The van der Waals surface area contributed by atoms with Gasteiger partial charge in [0.1, 0.15) is 6.04 Å². The lowest BCUT2D eigenvalue weighted by molar-refractivity contribution is -0.384. The second-order valence-electron chi connectivity index (χ2n) is 9.12. The molecule has 0 saturated carbocycles. The summed E-state index contributed by atoms with van der Waals surface area (Å²) >= 11 is 0. The second kappa shape index (κ2) is 11.2. The Bertz CT molecular complexity index is 1580. The lowest BCUT2D eigenvalue weighted by Gasteiger charge is -2.29. The molecule has 12 heteroatoms. The third-order valence-corrected chi connectivity index (χ3v) is 8.07. The number of aromatic nitrogens is 1. The molecule has 5 rings (SSSR count). The number of H-pyrrole nitrogens is 1. The number of benzene rings is 3. The van der Waals surface area contributed by atoms with Crippen molar-refractivity contribution >= 4 is 43.9 Å². The van der Waals surface area contributed by atoms with Gasteiger partial charge in [0.15, 0.2) is 0 Å². The number of nitro benzene ring substituents is 1. The summed E-state index contributed by atoms with van der Waals surface area (Å²) in [7, 11) is -4.18. The number of rotatable bonds is 9. The molecule has 1 aliphatic heterocycles. The highest BCUT2D eigenvalue weighted by Gasteiger charge is 2.28. The molecule has 0 radical (unpaired) electrons. The van der Waals surface area contributed by atoms with Crippen LogP contribution < -0.4 is 14.9 Å². The number of carbonyl (C=O) groups is 1. The van der Waals surface area contributed by atoms with E-state index < -0.39 is 26.9 Å². The number of non-ortho nitro benzene ring substituents is 1. The van der Waals surface area contributed by atoms with Gasteiger partial charge in [-0.2, -0.15) is 4.72 Å². The van der Waals surface area contributed by atoms with Gasteiger partial charge in [-0.15, -0.1) is 0 Å². The van der Waals surface area contributed by atoms with Crippen molar-refractivity contribution in [2.45, 2.75) is 17.4 Å². The van der Waals surface area contributed by atoms with Crippen LogP contribution in [0.25, 0.3) is 10.9 Å². The number of amides is 1. The van der Waals surface area contributed by atoms with E-state index in [0.717, 1.165) is 59.5 Å². The van der Waals surface area contributed by atoms with Crippen molar-refractivity contribution in [1.82, 2.24) is 9.71 Å². The van der Waals surface area contributed by atoms with Gasteiger partial charge in [-0.25, -0.2) is 8.42 Å². The first kappa shape index (κ1) is 26.4. The Morgan fingerprint density at radius 1 is 1.03 bits per heavy atom. The van der Waals surface area contributed by atoms with Gasteiger partial charge in [-0.3, -0.25) is 14.9 Å². The van der Waals surface area contributed by atoms with Crippen LogP contribution in [-0.2, 0) is 26.0 Å². The van der Waals surface area contributed by atoms with Crippen LogP contribution in [0.2, 0.25) is 0 Å². The highest BCUT2D eigenvalue weighted by molar-refractivity contribution is 7.89. The summed E-state index contributed by atoms with van der Waals surface area (Å²) in [6.45, 7) is 2.87. The molecule has 202 valence electrons. The van der Waals surface area contributed by atoms with Crippen LogP contribution in [0.5, 0.6) is 0 Å². The molecule has 3 N–H and O–H groups in total. The Morgan fingerprint density at radius 3 is 2.41 bits per heavy atom. The molecule has 1 amide bonds.